The lowest BCUT2D eigenvalue weighted by molar-refractivity contribution is -0.133. The van der Waals surface area contributed by atoms with Crippen LogP contribution in [-0.4, -0.2) is 40.2 Å². The highest BCUT2D eigenvalue weighted by Gasteiger charge is 2.26. The molecule has 1 aliphatic rings. The number of alkyl halides is 3. The first kappa shape index (κ1) is 18.4. The second-order valence-corrected chi connectivity index (χ2v) is 6.33. The summed E-state index contributed by atoms with van der Waals surface area (Å²) in [6.07, 6.45) is -1.62. The Morgan fingerprint density at radius 3 is 2.58 bits per heavy atom. The molecule has 1 amide bonds. The van der Waals surface area contributed by atoms with E-state index in [1.54, 1.807) is 35.1 Å². The van der Waals surface area contributed by atoms with Crippen LogP contribution in [0.25, 0.3) is 0 Å². The van der Waals surface area contributed by atoms with Gasteiger partial charge in [0.15, 0.2) is 5.69 Å². The number of nitrogens with zero attached hydrogens (tertiary/aromatic N) is 3. The number of anilines is 1. The van der Waals surface area contributed by atoms with Gasteiger partial charge in [0.2, 0.25) is 0 Å². The number of halogens is 3. The van der Waals surface area contributed by atoms with Gasteiger partial charge in [0.1, 0.15) is 0 Å². The van der Waals surface area contributed by atoms with Crippen LogP contribution in [0, 0.1) is 0 Å². The van der Waals surface area contributed by atoms with Crippen molar-refractivity contribution in [1.82, 2.24) is 20.3 Å². The molecule has 9 heteroatoms. The van der Waals surface area contributed by atoms with E-state index in [-0.39, 0.29) is 18.2 Å². The van der Waals surface area contributed by atoms with Crippen LogP contribution in [0.4, 0.5) is 18.9 Å². The maximum Gasteiger partial charge on any atom is 0.389 e. The van der Waals surface area contributed by atoms with Gasteiger partial charge in [-0.2, -0.15) is 13.2 Å². The number of aryl methyl sites for hydroxylation is 1. The minimum absolute atomic E-state index is 0.0811. The average Bonchev–Trinajstić information content (AvgIpc) is 3.11. The molecule has 0 atom stereocenters. The predicted octanol–water partition coefficient (Wildman–Crippen LogP) is 2.95. The zero-order chi connectivity index (χ0) is 18.6. The van der Waals surface area contributed by atoms with Gasteiger partial charge in [-0.25, -0.2) is 4.68 Å². The highest BCUT2D eigenvalue weighted by molar-refractivity contribution is 6.02. The summed E-state index contributed by atoms with van der Waals surface area (Å²) in [5.41, 5.74) is 1.28. The van der Waals surface area contributed by atoms with Crippen molar-refractivity contribution in [2.24, 2.45) is 0 Å². The highest BCUT2D eigenvalue weighted by atomic mass is 19.4. The quantitative estimate of drug-likeness (QED) is 0.852. The lowest BCUT2D eigenvalue weighted by Crippen LogP contribution is -2.29. The van der Waals surface area contributed by atoms with Crippen LogP contribution in [0.2, 0.25) is 0 Å². The molecule has 2 aromatic rings. The Bertz CT molecular complexity index is 736. The van der Waals surface area contributed by atoms with Gasteiger partial charge in [-0.05, 0) is 50.0 Å². The molecule has 2 heterocycles. The van der Waals surface area contributed by atoms with Gasteiger partial charge in [0.25, 0.3) is 5.91 Å². The Labute approximate surface area is 148 Å². The zero-order valence-electron chi connectivity index (χ0n) is 14.1. The number of nitrogens with one attached hydrogen (secondary N) is 2. The van der Waals surface area contributed by atoms with Crippen LogP contribution in [-0.2, 0) is 6.42 Å². The molecular weight excluding hydrogens is 347 g/mol. The molecule has 0 aliphatic carbocycles. The monoisotopic (exact) mass is 367 g/mol. The Morgan fingerprint density at radius 1 is 1.23 bits per heavy atom. The Morgan fingerprint density at radius 2 is 1.92 bits per heavy atom. The third-order valence-electron chi connectivity index (χ3n) is 4.33. The number of hydrogen-bond donors (Lipinski definition) is 2. The minimum Gasteiger partial charge on any atom is -0.321 e. The van der Waals surface area contributed by atoms with E-state index in [2.05, 4.69) is 20.9 Å². The van der Waals surface area contributed by atoms with Crippen LogP contribution in [0.15, 0.2) is 30.5 Å². The van der Waals surface area contributed by atoms with Crippen LogP contribution < -0.4 is 10.6 Å². The first-order valence-corrected chi connectivity index (χ1v) is 8.50. The smallest absolute Gasteiger partial charge is 0.321 e. The summed E-state index contributed by atoms with van der Waals surface area (Å²) in [7, 11) is 0. The summed E-state index contributed by atoms with van der Waals surface area (Å²) >= 11 is 0. The van der Waals surface area contributed by atoms with E-state index in [9.17, 15) is 18.0 Å². The fourth-order valence-corrected chi connectivity index (χ4v) is 2.87. The van der Waals surface area contributed by atoms with Crippen molar-refractivity contribution in [1.29, 1.82) is 0 Å². The van der Waals surface area contributed by atoms with Gasteiger partial charge < -0.3 is 10.6 Å². The van der Waals surface area contributed by atoms with Crippen molar-refractivity contribution in [2.45, 2.75) is 37.9 Å². The minimum atomic E-state index is -4.17. The molecule has 1 saturated heterocycles. The van der Waals surface area contributed by atoms with Crippen molar-refractivity contribution in [3.8, 4) is 0 Å². The number of rotatable bonds is 5. The average molecular weight is 367 g/mol. The molecule has 0 spiro atoms. The van der Waals surface area contributed by atoms with Gasteiger partial charge in [0.05, 0.1) is 12.2 Å². The molecule has 26 heavy (non-hydrogen) atoms. The first-order chi connectivity index (χ1) is 12.4. The maximum absolute atomic E-state index is 12.3. The van der Waals surface area contributed by atoms with Gasteiger partial charge in [-0.3, -0.25) is 4.79 Å². The number of amides is 1. The van der Waals surface area contributed by atoms with E-state index in [0.29, 0.717) is 11.3 Å². The Hall–Kier alpha value is -2.42. The molecule has 1 fully saturated rings. The molecule has 0 saturated carbocycles. The number of aromatic nitrogens is 3. The molecular formula is C17H20F3N5O. The Balaban J connectivity index is 1.57. The van der Waals surface area contributed by atoms with E-state index in [1.807, 2.05) is 0 Å². The predicted molar refractivity (Wildman–Crippen MR) is 89.9 cm³/mol. The van der Waals surface area contributed by atoms with Crippen LogP contribution in [0.5, 0.6) is 0 Å². The summed E-state index contributed by atoms with van der Waals surface area (Å²) in [6.45, 7) is 1.82. The second kappa shape index (κ2) is 7.86. The molecule has 6 nitrogen and oxygen atoms in total. The molecule has 1 aliphatic heterocycles. The number of hydrogen-bond acceptors (Lipinski definition) is 4. The molecule has 0 unspecified atom stereocenters. The fourth-order valence-electron chi connectivity index (χ4n) is 2.87. The molecule has 3 rings (SSSR count). The third kappa shape index (κ3) is 5.04. The first-order valence-electron chi connectivity index (χ1n) is 8.50. The Kier molecular flexibility index (Phi) is 5.55. The van der Waals surface area contributed by atoms with Crippen molar-refractivity contribution < 1.29 is 18.0 Å². The summed E-state index contributed by atoms with van der Waals surface area (Å²) in [5.74, 6) is -0.395. The van der Waals surface area contributed by atoms with Gasteiger partial charge in [-0.15, -0.1) is 5.10 Å². The van der Waals surface area contributed by atoms with E-state index in [1.165, 1.54) is 0 Å². The van der Waals surface area contributed by atoms with Gasteiger partial charge >= 0.3 is 6.18 Å². The normalized spacial score (nSPS) is 15.8. The second-order valence-electron chi connectivity index (χ2n) is 6.33. The molecule has 140 valence electrons. The number of carbonyl (C=O) groups is 1. The topological polar surface area (TPSA) is 71.8 Å². The largest absolute Gasteiger partial charge is 0.389 e. The maximum atomic E-state index is 12.3. The molecule has 0 radical (unpaired) electrons. The third-order valence-corrected chi connectivity index (χ3v) is 4.33. The van der Waals surface area contributed by atoms with Crippen molar-refractivity contribution >= 4 is 11.6 Å². The molecule has 2 N–H and O–H groups in total. The van der Waals surface area contributed by atoms with E-state index in [0.717, 1.165) is 25.9 Å². The standard InChI is InChI=1S/C17H20F3N5O/c18-17(19,20)8-5-12-1-3-13(4-2-12)22-16(26)15-11-25(24-23-15)14-6-9-21-10-7-14/h1-4,11,14,21H,5-10H2,(H,22,26). The van der Waals surface area contributed by atoms with Crippen molar-refractivity contribution in [3.05, 3.63) is 41.7 Å². The van der Waals surface area contributed by atoms with Crippen LogP contribution in [0.3, 0.4) is 0 Å². The summed E-state index contributed by atoms with van der Waals surface area (Å²) < 4.78 is 38.4. The molecule has 1 aromatic heterocycles. The van der Waals surface area contributed by atoms with Crippen molar-refractivity contribution in [3.63, 3.8) is 0 Å². The number of benzene rings is 1. The summed E-state index contributed by atoms with van der Waals surface area (Å²) in [6, 6.07) is 6.56. The van der Waals surface area contributed by atoms with E-state index in [4.69, 9.17) is 0 Å². The van der Waals surface area contributed by atoms with Crippen LogP contribution in [0.1, 0.15) is 41.4 Å². The zero-order valence-corrected chi connectivity index (χ0v) is 14.1. The molecule has 0 bridgehead atoms. The van der Waals surface area contributed by atoms with Crippen molar-refractivity contribution in [2.75, 3.05) is 18.4 Å². The lowest BCUT2D eigenvalue weighted by Gasteiger charge is -2.22. The summed E-state index contributed by atoms with van der Waals surface area (Å²) in [5, 5.41) is 13.9. The van der Waals surface area contributed by atoms with Gasteiger partial charge in [-0.1, -0.05) is 17.3 Å². The van der Waals surface area contributed by atoms with E-state index < -0.39 is 18.5 Å². The summed E-state index contributed by atoms with van der Waals surface area (Å²) in [4.78, 5) is 12.3. The van der Waals surface area contributed by atoms with Crippen LogP contribution >= 0.6 is 0 Å². The highest BCUT2D eigenvalue weighted by Crippen LogP contribution is 2.23. The number of piperidine rings is 1. The SMILES string of the molecule is O=C(Nc1ccc(CCC(F)(F)F)cc1)c1cn(C2CCNCC2)nn1. The fraction of sp³-hybridized carbons (Fsp3) is 0.471. The van der Waals surface area contributed by atoms with Gasteiger partial charge in [0, 0.05) is 12.1 Å². The lowest BCUT2D eigenvalue weighted by atomic mass is 10.1. The number of carbonyl (C=O) groups excluding carboxylic acids is 1. The molecule has 1 aromatic carbocycles. The van der Waals surface area contributed by atoms with E-state index >= 15 is 0 Å².